The van der Waals surface area contributed by atoms with Crippen LogP contribution in [0.25, 0.3) is 0 Å². The summed E-state index contributed by atoms with van der Waals surface area (Å²) in [4.78, 5) is 27.3. The van der Waals surface area contributed by atoms with Gasteiger partial charge < -0.3 is 14.5 Å². The molecule has 0 aromatic rings. The van der Waals surface area contributed by atoms with Crippen molar-refractivity contribution in [1.82, 2.24) is 9.80 Å². The molecule has 0 spiro atoms. The van der Waals surface area contributed by atoms with Crippen molar-refractivity contribution in [2.75, 3.05) is 40.3 Å². The zero-order valence-corrected chi connectivity index (χ0v) is 12.9. The van der Waals surface area contributed by atoms with E-state index >= 15 is 0 Å². The second-order valence-corrected chi connectivity index (χ2v) is 5.19. The van der Waals surface area contributed by atoms with Crippen LogP contribution in [0.15, 0.2) is 0 Å². The first-order valence-corrected chi connectivity index (χ1v) is 6.97. The molecule has 1 amide bonds. The van der Waals surface area contributed by atoms with Crippen molar-refractivity contribution in [1.29, 1.82) is 0 Å². The van der Waals surface area contributed by atoms with Gasteiger partial charge in [0.05, 0.1) is 13.0 Å². The molecule has 19 heavy (non-hydrogen) atoms. The molecule has 5 nitrogen and oxygen atoms in total. The molecular formula is C14H28N2O3. The Kier molecular flexibility index (Phi) is 9.21. The van der Waals surface area contributed by atoms with Gasteiger partial charge in [0.2, 0.25) is 5.91 Å². The van der Waals surface area contributed by atoms with Gasteiger partial charge in [-0.15, -0.1) is 0 Å². The van der Waals surface area contributed by atoms with Crippen LogP contribution in [0.2, 0.25) is 0 Å². The number of ether oxygens (including phenoxy) is 1. The van der Waals surface area contributed by atoms with E-state index in [0.29, 0.717) is 19.7 Å². The van der Waals surface area contributed by atoms with Crippen LogP contribution >= 0.6 is 0 Å². The summed E-state index contributed by atoms with van der Waals surface area (Å²) in [5, 5.41) is 0. The van der Waals surface area contributed by atoms with Gasteiger partial charge in [-0.3, -0.25) is 9.59 Å². The highest BCUT2D eigenvalue weighted by Gasteiger charge is 2.18. The number of carbonyl (C=O) groups excluding carboxylic acids is 2. The van der Waals surface area contributed by atoms with Crippen LogP contribution < -0.4 is 0 Å². The van der Waals surface area contributed by atoms with Crippen LogP contribution in [-0.4, -0.2) is 62.0 Å². The van der Waals surface area contributed by atoms with Crippen molar-refractivity contribution in [3.8, 4) is 0 Å². The lowest BCUT2D eigenvalue weighted by Crippen LogP contribution is -2.37. The first kappa shape index (κ1) is 17.9. The Morgan fingerprint density at radius 1 is 1.11 bits per heavy atom. The van der Waals surface area contributed by atoms with Crippen LogP contribution in [0.4, 0.5) is 0 Å². The third kappa shape index (κ3) is 8.59. The molecule has 0 rings (SSSR count). The minimum absolute atomic E-state index is 0.0402. The third-order valence-corrected chi connectivity index (χ3v) is 2.73. The van der Waals surface area contributed by atoms with Crippen molar-refractivity contribution >= 4 is 11.9 Å². The van der Waals surface area contributed by atoms with Crippen LogP contribution in [0, 0.1) is 5.92 Å². The predicted molar refractivity (Wildman–Crippen MR) is 75.8 cm³/mol. The summed E-state index contributed by atoms with van der Waals surface area (Å²) in [5.74, 6) is -0.179. The normalized spacial score (nSPS) is 10.9. The largest absolute Gasteiger partial charge is 0.466 e. The Morgan fingerprint density at radius 2 is 1.74 bits per heavy atom. The van der Waals surface area contributed by atoms with E-state index in [1.807, 2.05) is 27.9 Å². The Labute approximate surface area is 116 Å². The average molecular weight is 272 g/mol. The Balaban J connectivity index is 4.26. The van der Waals surface area contributed by atoms with E-state index in [0.717, 1.165) is 13.0 Å². The molecule has 0 atom stereocenters. The molecule has 0 aromatic carbocycles. The van der Waals surface area contributed by atoms with E-state index in [9.17, 15) is 9.59 Å². The highest BCUT2D eigenvalue weighted by atomic mass is 16.5. The summed E-state index contributed by atoms with van der Waals surface area (Å²) in [5.41, 5.74) is 0. The number of nitrogens with zero attached hydrogens (tertiary/aromatic N) is 2. The summed E-state index contributed by atoms with van der Waals surface area (Å²) in [6.45, 7) is 8.00. The van der Waals surface area contributed by atoms with E-state index < -0.39 is 0 Å². The molecule has 0 fully saturated rings. The number of esters is 1. The SMILES string of the molecule is CCOC(=O)CCN(CCCN(C)C)C(=O)C(C)C. The lowest BCUT2D eigenvalue weighted by Gasteiger charge is -2.25. The zero-order chi connectivity index (χ0) is 14.8. The fourth-order valence-electron chi connectivity index (χ4n) is 1.73. The second kappa shape index (κ2) is 9.78. The molecule has 0 N–H and O–H groups in total. The van der Waals surface area contributed by atoms with Gasteiger partial charge in [-0.2, -0.15) is 0 Å². The van der Waals surface area contributed by atoms with Gasteiger partial charge in [0.25, 0.3) is 0 Å². The summed E-state index contributed by atoms with van der Waals surface area (Å²) in [6.07, 6.45) is 1.18. The van der Waals surface area contributed by atoms with Crippen LogP contribution in [0.3, 0.4) is 0 Å². The Bertz CT molecular complexity index is 278. The van der Waals surface area contributed by atoms with E-state index in [2.05, 4.69) is 4.90 Å². The van der Waals surface area contributed by atoms with Crippen molar-refractivity contribution in [3.05, 3.63) is 0 Å². The van der Waals surface area contributed by atoms with Gasteiger partial charge in [-0.05, 0) is 34.0 Å². The quantitative estimate of drug-likeness (QED) is 0.595. The molecular weight excluding hydrogens is 244 g/mol. The molecule has 0 aromatic heterocycles. The molecule has 0 bridgehead atoms. The molecule has 0 saturated carbocycles. The van der Waals surface area contributed by atoms with Gasteiger partial charge >= 0.3 is 5.97 Å². The monoisotopic (exact) mass is 272 g/mol. The van der Waals surface area contributed by atoms with Crippen molar-refractivity contribution in [2.24, 2.45) is 5.92 Å². The van der Waals surface area contributed by atoms with E-state index in [4.69, 9.17) is 4.74 Å². The molecule has 0 aliphatic rings. The van der Waals surface area contributed by atoms with Crippen molar-refractivity contribution in [3.63, 3.8) is 0 Å². The first-order chi connectivity index (χ1) is 8.88. The molecule has 0 saturated heterocycles. The lowest BCUT2D eigenvalue weighted by atomic mass is 10.1. The van der Waals surface area contributed by atoms with E-state index in [-0.39, 0.29) is 24.2 Å². The highest BCUT2D eigenvalue weighted by Crippen LogP contribution is 2.05. The zero-order valence-electron chi connectivity index (χ0n) is 12.9. The first-order valence-electron chi connectivity index (χ1n) is 6.97. The Morgan fingerprint density at radius 3 is 2.21 bits per heavy atom. The van der Waals surface area contributed by atoms with E-state index in [1.165, 1.54) is 0 Å². The second-order valence-electron chi connectivity index (χ2n) is 5.19. The number of rotatable bonds is 9. The molecule has 0 radical (unpaired) electrons. The van der Waals surface area contributed by atoms with Crippen LogP contribution in [0.1, 0.15) is 33.6 Å². The fraction of sp³-hybridized carbons (Fsp3) is 0.857. The number of carbonyl (C=O) groups is 2. The minimum Gasteiger partial charge on any atom is -0.466 e. The van der Waals surface area contributed by atoms with Gasteiger partial charge in [-0.25, -0.2) is 0 Å². The molecule has 112 valence electrons. The Hall–Kier alpha value is -1.10. The fourth-order valence-corrected chi connectivity index (χ4v) is 1.73. The molecule has 0 aliphatic carbocycles. The highest BCUT2D eigenvalue weighted by molar-refractivity contribution is 5.79. The standard InChI is InChI=1S/C14H28N2O3/c1-6-19-13(17)8-11-16(14(18)12(2)3)10-7-9-15(4)5/h12H,6-11H2,1-5H3. The molecule has 0 unspecified atom stereocenters. The van der Waals surface area contributed by atoms with Crippen LogP contribution in [0.5, 0.6) is 0 Å². The number of hydrogen-bond acceptors (Lipinski definition) is 4. The molecule has 0 heterocycles. The topological polar surface area (TPSA) is 49.9 Å². The van der Waals surface area contributed by atoms with Crippen LogP contribution in [-0.2, 0) is 14.3 Å². The van der Waals surface area contributed by atoms with Gasteiger partial charge in [0.1, 0.15) is 0 Å². The summed E-state index contributed by atoms with van der Waals surface area (Å²) in [6, 6.07) is 0. The summed E-state index contributed by atoms with van der Waals surface area (Å²) < 4.78 is 4.89. The molecule has 0 aliphatic heterocycles. The van der Waals surface area contributed by atoms with Gasteiger partial charge in [0.15, 0.2) is 0 Å². The third-order valence-electron chi connectivity index (χ3n) is 2.73. The summed E-state index contributed by atoms with van der Waals surface area (Å²) in [7, 11) is 4.01. The number of hydrogen-bond donors (Lipinski definition) is 0. The maximum absolute atomic E-state index is 12.0. The van der Waals surface area contributed by atoms with Gasteiger partial charge in [0, 0.05) is 19.0 Å². The summed E-state index contributed by atoms with van der Waals surface area (Å²) >= 11 is 0. The molecule has 5 heteroatoms. The number of amides is 1. The van der Waals surface area contributed by atoms with E-state index in [1.54, 1.807) is 11.8 Å². The van der Waals surface area contributed by atoms with Gasteiger partial charge in [-0.1, -0.05) is 13.8 Å². The minimum atomic E-state index is -0.239. The van der Waals surface area contributed by atoms with Crippen molar-refractivity contribution in [2.45, 2.75) is 33.6 Å². The predicted octanol–water partition coefficient (Wildman–Crippen LogP) is 1.38. The average Bonchev–Trinajstić information content (AvgIpc) is 2.32. The maximum Gasteiger partial charge on any atom is 0.307 e. The maximum atomic E-state index is 12.0. The van der Waals surface area contributed by atoms with Crippen molar-refractivity contribution < 1.29 is 14.3 Å². The lowest BCUT2D eigenvalue weighted by molar-refractivity contribution is -0.144. The smallest absolute Gasteiger partial charge is 0.307 e.